The molecule has 0 radical (unpaired) electrons. The summed E-state index contributed by atoms with van der Waals surface area (Å²) in [6, 6.07) is 53.4. The molecule has 0 saturated carbocycles. The monoisotopic (exact) mass is 604 g/mol. The van der Waals surface area contributed by atoms with Crippen molar-refractivity contribution in [3.63, 3.8) is 0 Å². The highest BCUT2D eigenvalue weighted by molar-refractivity contribution is 6.23. The molecule has 1 aliphatic heterocycles. The molecule has 6 aromatic carbocycles. The molecule has 0 saturated heterocycles. The number of aliphatic imine (C=N–C) groups is 1. The van der Waals surface area contributed by atoms with Crippen molar-refractivity contribution in [3.8, 4) is 17.3 Å². The predicted molar refractivity (Wildman–Crippen MR) is 193 cm³/mol. The third kappa shape index (κ3) is 3.79. The normalized spacial score (nSPS) is 12.9. The van der Waals surface area contributed by atoms with E-state index < -0.39 is 0 Å². The van der Waals surface area contributed by atoms with Crippen molar-refractivity contribution in [3.05, 3.63) is 157 Å². The zero-order chi connectivity index (χ0) is 30.9. The quantitative estimate of drug-likeness (QED) is 0.217. The second-order valence-electron chi connectivity index (χ2n) is 11.9. The molecular formula is C41H28N6. The highest BCUT2D eigenvalue weighted by Crippen LogP contribution is 2.43. The van der Waals surface area contributed by atoms with Crippen LogP contribution in [0.5, 0.6) is 0 Å². The first-order valence-corrected chi connectivity index (χ1v) is 15.9. The van der Waals surface area contributed by atoms with Crippen LogP contribution in [-0.4, -0.2) is 30.9 Å². The van der Waals surface area contributed by atoms with E-state index in [1.165, 1.54) is 27.1 Å². The Morgan fingerprint density at radius 2 is 0.979 bits per heavy atom. The summed E-state index contributed by atoms with van der Waals surface area (Å²) in [5.41, 5.74) is 8.71. The van der Waals surface area contributed by atoms with Crippen LogP contribution in [0.25, 0.3) is 60.9 Å². The van der Waals surface area contributed by atoms with E-state index in [1.54, 1.807) is 0 Å². The van der Waals surface area contributed by atoms with E-state index in [4.69, 9.17) is 9.98 Å². The maximum Gasteiger partial charge on any atom is 0.223 e. The van der Waals surface area contributed by atoms with Crippen molar-refractivity contribution < 1.29 is 0 Å². The van der Waals surface area contributed by atoms with Gasteiger partial charge in [-0.2, -0.15) is 4.98 Å². The second kappa shape index (κ2) is 10.1. The van der Waals surface area contributed by atoms with Gasteiger partial charge in [0, 0.05) is 27.2 Å². The van der Waals surface area contributed by atoms with Crippen molar-refractivity contribution >= 4 is 61.0 Å². The van der Waals surface area contributed by atoms with E-state index in [9.17, 15) is 0 Å². The molecule has 0 aliphatic carbocycles. The molecule has 6 nitrogen and oxygen atoms in total. The van der Waals surface area contributed by atoms with Gasteiger partial charge in [0.05, 0.1) is 40.0 Å². The molecule has 222 valence electrons. The minimum Gasteiger partial charge on any atom is -0.362 e. The Kier molecular flexibility index (Phi) is 5.54. The largest absolute Gasteiger partial charge is 0.362 e. The zero-order valence-corrected chi connectivity index (χ0v) is 25.4. The number of hydrogen-bond donors (Lipinski definition) is 1. The fraction of sp³-hybridized carbons (Fsp3) is 0.0244. The number of imidazole rings is 1. The van der Waals surface area contributed by atoms with E-state index in [1.807, 2.05) is 12.1 Å². The first kappa shape index (κ1) is 25.9. The van der Waals surface area contributed by atoms with Crippen LogP contribution in [0.2, 0.25) is 0 Å². The minimum atomic E-state index is 0.606. The Labute approximate surface area is 270 Å². The van der Waals surface area contributed by atoms with E-state index >= 15 is 0 Å². The average Bonchev–Trinajstić information content (AvgIpc) is 3.80. The van der Waals surface area contributed by atoms with Crippen molar-refractivity contribution in [1.82, 2.24) is 18.7 Å². The van der Waals surface area contributed by atoms with Crippen molar-refractivity contribution in [2.75, 3.05) is 11.9 Å². The molecule has 9 aromatic rings. The van der Waals surface area contributed by atoms with Crippen molar-refractivity contribution in [2.45, 2.75) is 0 Å². The number of benzene rings is 6. The third-order valence-electron chi connectivity index (χ3n) is 9.31. The SMILES string of the molecule is c1ccc(C2=Nc3nc(-n4c5ccccc5c5ccc6c7ccccc7n(-c7ccccc7)c6c54)n(-c4ccccc4)c3NC2)cc1. The molecule has 3 aromatic heterocycles. The van der Waals surface area contributed by atoms with Gasteiger partial charge in [-0.25, -0.2) is 4.99 Å². The number of rotatable bonds is 4. The van der Waals surface area contributed by atoms with Gasteiger partial charge in [-0.05, 0) is 42.0 Å². The van der Waals surface area contributed by atoms with Crippen LogP contribution in [0.3, 0.4) is 0 Å². The highest BCUT2D eigenvalue weighted by Gasteiger charge is 2.28. The first-order valence-electron chi connectivity index (χ1n) is 15.9. The third-order valence-corrected chi connectivity index (χ3v) is 9.31. The summed E-state index contributed by atoms with van der Waals surface area (Å²) in [6.45, 7) is 0.606. The first-order chi connectivity index (χ1) is 23.3. The van der Waals surface area contributed by atoms with E-state index in [-0.39, 0.29) is 0 Å². The maximum atomic E-state index is 5.38. The lowest BCUT2D eigenvalue weighted by atomic mass is 10.1. The molecule has 0 bridgehead atoms. The van der Waals surface area contributed by atoms with Gasteiger partial charge in [0.1, 0.15) is 0 Å². The van der Waals surface area contributed by atoms with Crippen LogP contribution in [0.4, 0.5) is 11.6 Å². The summed E-state index contributed by atoms with van der Waals surface area (Å²) in [5, 5.41) is 8.47. The topological polar surface area (TPSA) is 52.1 Å². The number of aromatic nitrogens is 4. The van der Waals surface area contributed by atoms with Crippen molar-refractivity contribution in [1.29, 1.82) is 0 Å². The van der Waals surface area contributed by atoms with Gasteiger partial charge in [-0.15, -0.1) is 0 Å². The van der Waals surface area contributed by atoms with E-state index in [0.717, 1.165) is 51.0 Å². The Morgan fingerprint density at radius 1 is 0.468 bits per heavy atom. The Hall–Kier alpha value is -6.40. The Morgan fingerprint density at radius 3 is 1.62 bits per heavy atom. The highest BCUT2D eigenvalue weighted by atomic mass is 15.3. The fourth-order valence-electron chi connectivity index (χ4n) is 7.29. The zero-order valence-electron chi connectivity index (χ0n) is 25.4. The molecular weight excluding hydrogens is 576 g/mol. The predicted octanol–water partition coefficient (Wildman–Crippen LogP) is 9.61. The van der Waals surface area contributed by atoms with E-state index in [2.05, 4.69) is 159 Å². The maximum absolute atomic E-state index is 5.38. The number of nitrogens with zero attached hydrogens (tertiary/aromatic N) is 5. The summed E-state index contributed by atoms with van der Waals surface area (Å²) < 4.78 is 6.97. The molecule has 0 atom stereocenters. The number of hydrogen-bond acceptors (Lipinski definition) is 3. The summed E-state index contributed by atoms with van der Waals surface area (Å²) in [4.78, 5) is 10.5. The van der Waals surface area contributed by atoms with Gasteiger partial charge in [-0.1, -0.05) is 115 Å². The summed E-state index contributed by atoms with van der Waals surface area (Å²) in [6.07, 6.45) is 0. The van der Waals surface area contributed by atoms with Crippen molar-refractivity contribution in [2.24, 2.45) is 4.99 Å². The molecule has 0 amide bonds. The lowest BCUT2D eigenvalue weighted by Crippen LogP contribution is -2.20. The number of fused-ring (bicyclic) bond motifs is 8. The lowest BCUT2D eigenvalue weighted by Gasteiger charge is -2.18. The Balaban J connectivity index is 1.38. The van der Waals surface area contributed by atoms with Gasteiger partial charge < -0.3 is 9.88 Å². The van der Waals surface area contributed by atoms with Gasteiger partial charge in [0.15, 0.2) is 11.6 Å². The summed E-state index contributed by atoms with van der Waals surface area (Å²) in [5.74, 6) is 2.35. The molecule has 47 heavy (non-hydrogen) atoms. The van der Waals surface area contributed by atoms with Crippen LogP contribution in [0, 0.1) is 0 Å². The van der Waals surface area contributed by atoms with E-state index in [0.29, 0.717) is 12.4 Å². The molecule has 0 spiro atoms. The number of para-hydroxylation sites is 4. The number of anilines is 1. The summed E-state index contributed by atoms with van der Waals surface area (Å²) in [7, 11) is 0. The summed E-state index contributed by atoms with van der Waals surface area (Å²) >= 11 is 0. The standard InChI is InChI=1S/C41H28N6/c1-4-14-27(15-5-1)34-26-42-40-39(43-34)44-41(46(40)29-18-8-3-9-19-29)47-36-23-13-11-21-31(36)33-25-24-32-30-20-10-12-22-35(30)45(37(32)38(33)47)28-16-6-2-7-17-28/h1-25,42H,26H2. The van der Waals surface area contributed by atoms with Crippen LogP contribution in [-0.2, 0) is 0 Å². The molecule has 1 aliphatic rings. The smallest absolute Gasteiger partial charge is 0.223 e. The van der Waals surface area contributed by atoms with Crippen LogP contribution in [0.1, 0.15) is 5.56 Å². The molecule has 0 unspecified atom stereocenters. The van der Waals surface area contributed by atoms with Gasteiger partial charge in [-0.3, -0.25) is 9.13 Å². The molecule has 0 fully saturated rings. The van der Waals surface area contributed by atoms with Crippen LogP contribution < -0.4 is 5.32 Å². The Bertz CT molecular complexity index is 2660. The minimum absolute atomic E-state index is 0.606. The molecule has 6 heteroatoms. The average molecular weight is 605 g/mol. The van der Waals surface area contributed by atoms with Gasteiger partial charge >= 0.3 is 0 Å². The molecule has 10 rings (SSSR count). The fourth-order valence-corrected chi connectivity index (χ4v) is 7.29. The number of nitrogens with one attached hydrogen (secondary N) is 1. The molecule has 1 N–H and O–H groups in total. The van der Waals surface area contributed by atoms with Crippen LogP contribution in [0.15, 0.2) is 157 Å². The van der Waals surface area contributed by atoms with Gasteiger partial charge in [0.2, 0.25) is 5.95 Å². The lowest BCUT2D eigenvalue weighted by molar-refractivity contribution is 0.938. The second-order valence-corrected chi connectivity index (χ2v) is 11.9. The molecule has 4 heterocycles. The van der Waals surface area contributed by atoms with Crippen LogP contribution >= 0.6 is 0 Å². The van der Waals surface area contributed by atoms with Gasteiger partial charge in [0.25, 0.3) is 0 Å².